The quantitative estimate of drug-likeness (QED) is 0.845. The van der Waals surface area contributed by atoms with Crippen LogP contribution in [0.1, 0.15) is 23.2 Å². The lowest BCUT2D eigenvalue weighted by Gasteiger charge is -2.31. The predicted octanol–water partition coefficient (Wildman–Crippen LogP) is 1.76. The van der Waals surface area contributed by atoms with Gasteiger partial charge in [0.2, 0.25) is 5.91 Å². The molecule has 1 aromatic rings. The maximum Gasteiger partial charge on any atom is 0.253 e. The molecular weight excluding hydrogens is 375 g/mol. The third-order valence-corrected chi connectivity index (χ3v) is 6.91. The molecule has 1 N–H and O–H groups in total. The van der Waals surface area contributed by atoms with E-state index in [0.29, 0.717) is 41.5 Å². The fourth-order valence-corrected chi connectivity index (χ4v) is 4.58. The molecule has 1 heterocycles. The van der Waals surface area contributed by atoms with E-state index >= 15 is 0 Å². The second-order valence-corrected chi connectivity index (χ2v) is 8.70. The minimum absolute atomic E-state index is 0.212. The van der Waals surface area contributed by atoms with Crippen molar-refractivity contribution in [2.75, 3.05) is 25.9 Å². The number of rotatable bonds is 4. The fraction of sp³-hybridized carbons (Fsp3) is 0.467. The Morgan fingerprint density at radius 1 is 1.21 bits per heavy atom. The van der Waals surface area contributed by atoms with Crippen molar-refractivity contribution >= 4 is 44.9 Å². The van der Waals surface area contributed by atoms with Crippen LogP contribution in [0.2, 0.25) is 10.0 Å². The predicted molar refractivity (Wildman–Crippen MR) is 93.2 cm³/mol. The Morgan fingerprint density at radius 3 is 2.38 bits per heavy atom. The molecule has 1 saturated heterocycles. The van der Waals surface area contributed by atoms with Crippen molar-refractivity contribution in [1.29, 1.82) is 0 Å². The van der Waals surface area contributed by atoms with E-state index in [2.05, 4.69) is 5.32 Å². The molecule has 24 heavy (non-hydrogen) atoms. The van der Waals surface area contributed by atoms with Crippen molar-refractivity contribution < 1.29 is 18.0 Å². The van der Waals surface area contributed by atoms with Gasteiger partial charge in [-0.25, -0.2) is 8.42 Å². The fourth-order valence-electron chi connectivity index (χ4n) is 2.60. The van der Waals surface area contributed by atoms with E-state index in [4.69, 9.17) is 23.2 Å². The minimum Gasteiger partial charge on any atom is -0.358 e. The summed E-state index contributed by atoms with van der Waals surface area (Å²) < 4.78 is 24.4. The number of benzene rings is 1. The van der Waals surface area contributed by atoms with E-state index in [9.17, 15) is 18.0 Å². The molecule has 0 aromatic heterocycles. The van der Waals surface area contributed by atoms with Gasteiger partial charge >= 0.3 is 0 Å². The number of nitrogens with zero attached hydrogens (tertiary/aromatic N) is 1. The molecule has 2 rings (SSSR count). The molecule has 9 heteroatoms. The van der Waals surface area contributed by atoms with Gasteiger partial charge in [0.15, 0.2) is 9.84 Å². The number of likely N-dealkylation sites (tertiary alicyclic amines) is 1. The molecule has 1 aliphatic rings. The van der Waals surface area contributed by atoms with Gasteiger partial charge in [-0.05, 0) is 31.0 Å². The second kappa shape index (κ2) is 7.72. The Labute approximate surface area is 151 Å². The average Bonchev–Trinajstić information content (AvgIpc) is 2.56. The molecule has 0 spiro atoms. The third-order valence-electron chi connectivity index (χ3n) is 4.01. The van der Waals surface area contributed by atoms with Gasteiger partial charge in [-0.1, -0.05) is 23.2 Å². The van der Waals surface area contributed by atoms with Gasteiger partial charge in [0, 0.05) is 25.7 Å². The Kier molecular flexibility index (Phi) is 6.11. The maximum absolute atomic E-state index is 12.5. The lowest BCUT2D eigenvalue weighted by atomic mass is 10.1. The first kappa shape index (κ1) is 19.0. The van der Waals surface area contributed by atoms with Crippen LogP contribution in [0, 0.1) is 0 Å². The number of hydrogen-bond acceptors (Lipinski definition) is 4. The van der Waals surface area contributed by atoms with Gasteiger partial charge < -0.3 is 10.2 Å². The Hall–Kier alpha value is -1.31. The number of carbonyl (C=O) groups is 2. The Balaban J connectivity index is 2.00. The molecular formula is C15H18Cl2N2O4S. The maximum atomic E-state index is 12.5. The molecule has 1 aromatic carbocycles. The molecule has 0 atom stereocenters. The summed E-state index contributed by atoms with van der Waals surface area (Å²) in [6, 6.07) is 4.64. The number of halogens is 2. The average molecular weight is 393 g/mol. The van der Waals surface area contributed by atoms with Gasteiger partial charge in [0.1, 0.15) is 5.75 Å². The van der Waals surface area contributed by atoms with Crippen LogP contribution in [0.15, 0.2) is 18.2 Å². The smallest absolute Gasteiger partial charge is 0.253 e. The molecule has 6 nitrogen and oxygen atoms in total. The minimum atomic E-state index is -3.51. The van der Waals surface area contributed by atoms with E-state index < -0.39 is 26.7 Å². The van der Waals surface area contributed by atoms with Crippen LogP contribution in [0.3, 0.4) is 0 Å². The standard InChI is InChI=1S/C15H18Cl2N2O4S/c1-18-14(20)9-24(22,23)11-4-6-19(7-5-11)15(21)10-2-3-12(16)13(17)8-10/h2-3,8,11H,4-7,9H2,1H3,(H,18,20). The van der Waals surface area contributed by atoms with Crippen molar-refractivity contribution in [1.82, 2.24) is 10.2 Å². The molecule has 0 aliphatic carbocycles. The Morgan fingerprint density at radius 2 is 1.83 bits per heavy atom. The number of piperidine rings is 1. The van der Waals surface area contributed by atoms with Crippen LogP contribution in [0.5, 0.6) is 0 Å². The van der Waals surface area contributed by atoms with Crippen LogP contribution in [-0.4, -0.2) is 56.3 Å². The monoisotopic (exact) mass is 392 g/mol. The van der Waals surface area contributed by atoms with Crippen molar-refractivity contribution in [2.24, 2.45) is 0 Å². The highest BCUT2D eigenvalue weighted by molar-refractivity contribution is 7.92. The number of amides is 2. The van der Waals surface area contributed by atoms with Crippen LogP contribution < -0.4 is 5.32 Å². The first-order valence-electron chi connectivity index (χ1n) is 7.41. The molecule has 0 bridgehead atoms. The third kappa shape index (κ3) is 4.40. The van der Waals surface area contributed by atoms with Gasteiger partial charge in [0.25, 0.3) is 5.91 Å². The normalized spacial score (nSPS) is 16.0. The molecule has 0 radical (unpaired) electrons. The van der Waals surface area contributed by atoms with Gasteiger partial charge in [0.05, 0.1) is 15.3 Å². The lowest BCUT2D eigenvalue weighted by molar-refractivity contribution is -0.118. The first-order chi connectivity index (χ1) is 11.2. The molecule has 2 amide bonds. The summed E-state index contributed by atoms with van der Waals surface area (Å²) in [7, 11) is -2.11. The summed E-state index contributed by atoms with van der Waals surface area (Å²) in [4.78, 5) is 25.4. The molecule has 0 unspecified atom stereocenters. The summed E-state index contributed by atoms with van der Waals surface area (Å²) >= 11 is 11.8. The molecule has 1 aliphatic heterocycles. The Bertz CT molecular complexity index is 744. The highest BCUT2D eigenvalue weighted by atomic mass is 35.5. The molecule has 132 valence electrons. The molecule has 0 saturated carbocycles. The van der Waals surface area contributed by atoms with Gasteiger partial charge in [-0.3, -0.25) is 9.59 Å². The molecule has 1 fully saturated rings. The highest BCUT2D eigenvalue weighted by Crippen LogP contribution is 2.25. The van der Waals surface area contributed by atoms with E-state index in [0.717, 1.165) is 0 Å². The topological polar surface area (TPSA) is 83.6 Å². The first-order valence-corrected chi connectivity index (χ1v) is 9.88. The lowest BCUT2D eigenvalue weighted by Crippen LogP contribution is -2.44. The van der Waals surface area contributed by atoms with Crippen molar-refractivity contribution in [3.8, 4) is 0 Å². The van der Waals surface area contributed by atoms with E-state index in [1.54, 1.807) is 17.0 Å². The van der Waals surface area contributed by atoms with Gasteiger partial charge in [-0.15, -0.1) is 0 Å². The largest absolute Gasteiger partial charge is 0.358 e. The van der Waals surface area contributed by atoms with Crippen LogP contribution in [0.25, 0.3) is 0 Å². The second-order valence-electron chi connectivity index (χ2n) is 5.60. The summed E-state index contributed by atoms with van der Waals surface area (Å²) in [5.41, 5.74) is 0.413. The summed E-state index contributed by atoms with van der Waals surface area (Å²) in [6.45, 7) is 0.632. The van der Waals surface area contributed by atoms with Crippen molar-refractivity contribution in [3.05, 3.63) is 33.8 Å². The highest BCUT2D eigenvalue weighted by Gasteiger charge is 2.33. The van der Waals surface area contributed by atoms with Crippen LogP contribution >= 0.6 is 23.2 Å². The van der Waals surface area contributed by atoms with Crippen molar-refractivity contribution in [2.45, 2.75) is 18.1 Å². The SMILES string of the molecule is CNC(=O)CS(=O)(=O)C1CCN(C(=O)c2ccc(Cl)c(Cl)c2)CC1. The number of nitrogens with one attached hydrogen (secondary N) is 1. The zero-order valence-electron chi connectivity index (χ0n) is 13.1. The summed E-state index contributed by atoms with van der Waals surface area (Å²) in [5.74, 6) is -1.26. The van der Waals surface area contributed by atoms with E-state index in [1.807, 2.05) is 0 Å². The summed E-state index contributed by atoms with van der Waals surface area (Å²) in [6.07, 6.45) is 0.624. The zero-order chi connectivity index (χ0) is 17.9. The number of hydrogen-bond donors (Lipinski definition) is 1. The zero-order valence-corrected chi connectivity index (χ0v) is 15.4. The van der Waals surface area contributed by atoms with Gasteiger partial charge in [-0.2, -0.15) is 0 Å². The van der Waals surface area contributed by atoms with Crippen molar-refractivity contribution in [3.63, 3.8) is 0 Å². The van der Waals surface area contributed by atoms with Crippen LogP contribution in [-0.2, 0) is 14.6 Å². The van der Waals surface area contributed by atoms with Crippen LogP contribution in [0.4, 0.5) is 0 Å². The number of sulfone groups is 1. The number of carbonyl (C=O) groups excluding carboxylic acids is 2. The summed E-state index contributed by atoms with van der Waals surface area (Å²) in [5, 5.41) is 2.37. The van der Waals surface area contributed by atoms with E-state index in [-0.39, 0.29) is 5.91 Å². The van der Waals surface area contributed by atoms with E-state index in [1.165, 1.54) is 13.1 Å².